The normalized spacial score (nSPS) is 32.2. The van der Waals surface area contributed by atoms with Gasteiger partial charge >= 0.3 is 0 Å². The van der Waals surface area contributed by atoms with Crippen molar-refractivity contribution in [2.24, 2.45) is 0 Å². The molecule has 0 bridgehead atoms. The Labute approximate surface area is 102 Å². The number of aliphatic hydroxyl groups is 2. The molecule has 1 radical (unpaired) electrons. The summed E-state index contributed by atoms with van der Waals surface area (Å²) in [5.74, 6) is 0.248. The highest BCUT2D eigenvalue weighted by atomic mass is 16.6. The maximum Gasteiger partial charge on any atom is 0.167 e. The monoisotopic (exact) mass is 250 g/mol. The first-order valence-corrected chi connectivity index (χ1v) is 5.37. The molecule has 1 saturated heterocycles. The molecular formula is C10H12N5O3. The van der Waals surface area contributed by atoms with Gasteiger partial charge in [-0.05, 0) is 6.92 Å². The fraction of sp³-hybridized carbons (Fsp3) is 0.400. The zero-order valence-electron chi connectivity index (χ0n) is 9.34. The quantitative estimate of drug-likeness (QED) is 0.585. The van der Waals surface area contributed by atoms with Gasteiger partial charge in [-0.3, -0.25) is 4.57 Å². The van der Waals surface area contributed by atoms with Gasteiger partial charge in [0, 0.05) is 0 Å². The van der Waals surface area contributed by atoms with Crippen molar-refractivity contribution in [3.63, 3.8) is 0 Å². The number of imidazole rings is 1. The molecule has 0 spiro atoms. The summed E-state index contributed by atoms with van der Waals surface area (Å²) >= 11 is 0. The minimum atomic E-state index is -1.10. The van der Waals surface area contributed by atoms with Crippen molar-refractivity contribution in [1.82, 2.24) is 19.5 Å². The minimum absolute atomic E-state index is 0.248. The number of anilines is 1. The zero-order valence-corrected chi connectivity index (χ0v) is 9.34. The summed E-state index contributed by atoms with van der Waals surface area (Å²) in [4.78, 5) is 11.9. The molecule has 0 aliphatic carbocycles. The van der Waals surface area contributed by atoms with Gasteiger partial charge in [-0.25, -0.2) is 15.0 Å². The standard InChI is InChI=1S/C10H12N5O3/c1-4-6(16)7(17)10(18-4)15-3-14-5-8(11)12-2-13-9(5)15/h2-4,6-7,10,16-17H,1H2,(H2,11,12,13)/t4?,6?,7-,10-/m1/s1. The molecule has 1 fully saturated rings. The van der Waals surface area contributed by atoms with Crippen molar-refractivity contribution >= 4 is 17.0 Å². The van der Waals surface area contributed by atoms with E-state index in [1.165, 1.54) is 17.2 Å². The third-order valence-electron chi connectivity index (χ3n) is 3.00. The van der Waals surface area contributed by atoms with Crippen molar-refractivity contribution in [3.05, 3.63) is 19.6 Å². The number of nitrogen functional groups attached to an aromatic ring is 1. The molecular weight excluding hydrogens is 238 g/mol. The van der Waals surface area contributed by atoms with Crippen LogP contribution in [0.3, 0.4) is 0 Å². The van der Waals surface area contributed by atoms with Crippen LogP contribution in [0.1, 0.15) is 6.23 Å². The van der Waals surface area contributed by atoms with Crippen molar-refractivity contribution in [2.45, 2.75) is 24.5 Å². The summed E-state index contributed by atoms with van der Waals surface area (Å²) in [5, 5.41) is 19.5. The Morgan fingerprint density at radius 1 is 1.28 bits per heavy atom. The van der Waals surface area contributed by atoms with E-state index in [-0.39, 0.29) is 5.82 Å². The summed E-state index contributed by atoms with van der Waals surface area (Å²) in [6.07, 6.45) is -0.903. The molecule has 3 heterocycles. The van der Waals surface area contributed by atoms with E-state index in [0.29, 0.717) is 11.2 Å². The van der Waals surface area contributed by atoms with Crippen LogP contribution in [0.25, 0.3) is 11.2 Å². The van der Waals surface area contributed by atoms with Crippen LogP contribution >= 0.6 is 0 Å². The van der Waals surface area contributed by atoms with E-state index < -0.39 is 24.5 Å². The first-order valence-electron chi connectivity index (χ1n) is 5.37. The molecule has 0 saturated carbocycles. The summed E-state index contributed by atoms with van der Waals surface area (Å²) in [5.41, 5.74) is 6.53. The fourth-order valence-electron chi connectivity index (χ4n) is 2.02. The molecule has 1 aliphatic heterocycles. The molecule has 0 amide bonds. The van der Waals surface area contributed by atoms with Crippen molar-refractivity contribution < 1.29 is 14.9 Å². The van der Waals surface area contributed by atoms with E-state index in [9.17, 15) is 10.2 Å². The SMILES string of the molecule is [CH2]C1O[C@@H](n2cnc3c(N)ncnc32)[C@H](O)C1O. The highest BCUT2D eigenvalue weighted by Gasteiger charge is 2.42. The molecule has 3 rings (SSSR count). The van der Waals surface area contributed by atoms with Gasteiger partial charge in [0.05, 0.1) is 12.4 Å². The number of nitrogens with zero attached hydrogens (tertiary/aromatic N) is 4. The van der Waals surface area contributed by atoms with Gasteiger partial charge in [-0.15, -0.1) is 0 Å². The third-order valence-corrected chi connectivity index (χ3v) is 3.00. The van der Waals surface area contributed by atoms with E-state index in [4.69, 9.17) is 10.5 Å². The van der Waals surface area contributed by atoms with Gasteiger partial charge in [-0.2, -0.15) is 0 Å². The average molecular weight is 250 g/mol. The molecule has 8 nitrogen and oxygen atoms in total. The predicted molar refractivity (Wildman–Crippen MR) is 61.0 cm³/mol. The van der Waals surface area contributed by atoms with Crippen LogP contribution in [-0.4, -0.2) is 48.0 Å². The molecule has 4 N–H and O–H groups in total. The number of nitrogens with two attached hydrogens (primary N) is 1. The summed E-state index contributed by atoms with van der Waals surface area (Å²) < 4.78 is 6.90. The molecule has 1 aliphatic rings. The highest BCUT2D eigenvalue weighted by Crippen LogP contribution is 2.31. The van der Waals surface area contributed by atoms with Gasteiger partial charge in [0.1, 0.15) is 24.1 Å². The van der Waals surface area contributed by atoms with Gasteiger partial charge in [0.15, 0.2) is 17.7 Å². The molecule has 95 valence electrons. The maximum atomic E-state index is 9.89. The maximum absolute atomic E-state index is 9.89. The van der Waals surface area contributed by atoms with E-state index in [1.807, 2.05) is 0 Å². The predicted octanol–water partition coefficient (Wildman–Crippen LogP) is -1.14. The Morgan fingerprint density at radius 2 is 2.06 bits per heavy atom. The van der Waals surface area contributed by atoms with Gasteiger partial charge in [0.2, 0.25) is 0 Å². The Balaban J connectivity index is 2.08. The molecule has 18 heavy (non-hydrogen) atoms. The van der Waals surface area contributed by atoms with Gasteiger partial charge in [-0.1, -0.05) is 0 Å². The number of hydrogen-bond acceptors (Lipinski definition) is 7. The van der Waals surface area contributed by atoms with E-state index in [1.54, 1.807) is 0 Å². The number of aliphatic hydroxyl groups excluding tert-OH is 2. The lowest BCUT2D eigenvalue weighted by molar-refractivity contribution is -0.0249. The third kappa shape index (κ3) is 1.47. The lowest BCUT2D eigenvalue weighted by atomic mass is 10.1. The van der Waals surface area contributed by atoms with E-state index in [2.05, 4.69) is 21.9 Å². The molecule has 0 aromatic carbocycles. The van der Waals surface area contributed by atoms with E-state index in [0.717, 1.165) is 0 Å². The number of ether oxygens (including phenoxy) is 1. The first-order chi connectivity index (χ1) is 8.59. The number of rotatable bonds is 1. The number of fused-ring (bicyclic) bond motifs is 1. The lowest BCUT2D eigenvalue weighted by Crippen LogP contribution is -2.30. The smallest absolute Gasteiger partial charge is 0.167 e. The van der Waals surface area contributed by atoms with Crippen LogP contribution in [0.15, 0.2) is 12.7 Å². The van der Waals surface area contributed by atoms with Crippen molar-refractivity contribution in [3.8, 4) is 0 Å². The molecule has 8 heteroatoms. The summed E-state index contributed by atoms with van der Waals surface area (Å²) in [6, 6.07) is 0. The van der Waals surface area contributed by atoms with Gasteiger partial charge < -0.3 is 20.7 Å². The van der Waals surface area contributed by atoms with Crippen LogP contribution in [-0.2, 0) is 4.74 Å². The molecule has 2 aromatic rings. The summed E-state index contributed by atoms with van der Waals surface area (Å²) in [6.45, 7) is 3.60. The average Bonchev–Trinajstić information content (AvgIpc) is 2.88. The molecule has 2 unspecified atom stereocenters. The van der Waals surface area contributed by atoms with E-state index >= 15 is 0 Å². The lowest BCUT2D eigenvalue weighted by Gasteiger charge is -2.16. The largest absolute Gasteiger partial charge is 0.388 e. The second kappa shape index (κ2) is 3.87. The Bertz CT molecular complexity index is 586. The highest BCUT2D eigenvalue weighted by molar-refractivity contribution is 5.81. The van der Waals surface area contributed by atoms with Crippen LogP contribution in [0.4, 0.5) is 5.82 Å². The first kappa shape index (κ1) is 11.3. The Kier molecular flexibility index (Phi) is 2.44. The molecule has 2 aromatic heterocycles. The minimum Gasteiger partial charge on any atom is -0.388 e. The zero-order chi connectivity index (χ0) is 12.9. The fourth-order valence-corrected chi connectivity index (χ4v) is 2.02. The second-order valence-corrected chi connectivity index (χ2v) is 4.13. The Morgan fingerprint density at radius 3 is 2.72 bits per heavy atom. The number of hydrogen-bond donors (Lipinski definition) is 3. The number of aromatic nitrogens is 4. The van der Waals surface area contributed by atoms with Crippen LogP contribution in [0.2, 0.25) is 0 Å². The van der Waals surface area contributed by atoms with Crippen LogP contribution < -0.4 is 5.73 Å². The van der Waals surface area contributed by atoms with Crippen LogP contribution in [0.5, 0.6) is 0 Å². The van der Waals surface area contributed by atoms with Crippen molar-refractivity contribution in [2.75, 3.05) is 5.73 Å². The molecule has 4 atom stereocenters. The van der Waals surface area contributed by atoms with Gasteiger partial charge in [0.25, 0.3) is 0 Å². The van der Waals surface area contributed by atoms with Crippen molar-refractivity contribution in [1.29, 1.82) is 0 Å². The summed E-state index contributed by atoms with van der Waals surface area (Å²) in [7, 11) is 0. The second-order valence-electron chi connectivity index (χ2n) is 4.13. The van der Waals surface area contributed by atoms with Crippen LogP contribution in [0, 0.1) is 6.92 Å². The topological polar surface area (TPSA) is 119 Å². The Hall–Kier alpha value is -1.77.